The van der Waals surface area contributed by atoms with Gasteiger partial charge in [-0.25, -0.2) is 4.98 Å². The molecule has 234 valence electrons. The number of benzene rings is 2. The van der Waals surface area contributed by atoms with Gasteiger partial charge in [0.15, 0.2) is 5.69 Å². The Morgan fingerprint density at radius 1 is 1.16 bits per heavy atom. The first-order chi connectivity index (χ1) is 20.2. The number of alkyl halides is 3. The number of piperazine rings is 1. The Hall–Kier alpha value is -3.12. The van der Waals surface area contributed by atoms with E-state index in [1.54, 1.807) is 19.5 Å². The molecule has 0 unspecified atom stereocenters. The van der Waals surface area contributed by atoms with Gasteiger partial charge in [-0.1, -0.05) is 55.3 Å². The molecule has 3 atom stereocenters. The average Bonchev–Trinajstić information content (AvgIpc) is 3.41. The lowest BCUT2D eigenvalue weighted by atomic mass is 9.80. The van der Waals surface area contributed by atoms with Crippen LogP contribution in [0.5, 0.6) is 5.75 Å². The molecule has 1 saturated carbocycles. The van der Waals surface area contributed by atoms with Crippen molar-refractivity contribution in [1.82, 2.24) is 19.8 Å². The van der Waals surface area contributed by atoms with Gasteiger partial charge in [0.2, 0.25) is 0 Å². The van der Waals surface area contributed by atoms with Crippen molar-refractivity contribution in [3.63, 3.8) is 0 Å². The fraction of sp³-hybridized carbons (Fsp3) is 0.484. The molecule has 2 N–H and O–H groups in total. The number of nitrogens with one attached hydrogen (secondary N) is 1. The monoisotopic (exact) mass is 622 g/mol. The highest BCUT2D eigenvalue weighted by Gasteiger charge is 2.42. The number of nitrogens with zero attached hydrogens (tertiary/aromatic N) is 3. The maximum atomic E-state index is 14.2. The zero-order chi connectivity index (χ0) is 29.7. The van der Waals surface area contributed by atoms with Crippen molar-refractivity contribution in [3.8, 4) is 17.0 Å². The van der Waals surface area contributed by atoms with Gasteiger partial charge in [-0.15, -0.1) is 25.6 Å². The van der Waals surface area contributed by atoms with Crippen LogP contribution in [0.3, 0.4) is 0 Å². The summed E-state index contributed by atoms with van der Waals surface area (Å²) in [6.45, 7) is 1.83. The van der Waals surface area contributed by atoms with Gasteiger partial charge in [-0.05, 0) is 43.4 Å². The normalized spacial score (nSPS) is 22.6. The Morgan fingerprint density at radius 2 is 1.95 bits per heavy atom. The number of hydrogen-bond acceptors (Lipinski definition) is 6. The van der Waals surface area contributed by atoms with Crippen molar-refractivity contribution < 1.29 is 32.5 Å². The topological polar surface area (TPSA) is 88.8 Å². The molecular formula is C31H38ClF3N4O4. The number of imidazole rings is 1. The summed E-state index contributed by atoms with van der Waals surface area (Å²) in [5.74, 6) is -0.469. The van der Waals surface area contributed by atoms with E-state index >= 15 is 0 Å². The molecule has 2 fully saturated rings. The summed E-state index contributed by atoms with van der Waals surface area (Å²) in [6.07, 6.45) is 1.09. The zero-order valence-electron chi connectivity index (χ0n) is 24.1. The molecular weight excluding hydrogens is 585 g/mol. The molecule has 2 aromatic carbocycles. The van der Waals surface area contributed by atoms with Crippen LogP contribution in [0, 0.1) is 0 Å². The number of carbonyl (C=O) groups is 1. The lowest BCUT2D eigenvalue weighted by Gasteiger charge is -2.41. The molecule has 2 heterocycles. The van der Waals surface area contributed by atoms with Crippen molar-refractivity contribution >= 4 is 18.3 Å². The molecule has 1 amide bonds. The highest BCUT2D eigenvalue weighted by molar-refractivity contribution is 5.98. The maximum Gasteiger partial charge on any atom is 0.573 e. The number of halogens is 4. The molecule has 5 rings (SSSR count). The third-order valence-electron chi connectivity index (χ3n) is 8.24. The van der Waals surface area contributed by atoms with Crippen LogP contribution >= 0.6 is 12.4 Å². The predicted molar refractivity (Wildman–Crippen MR) is 158 cm³/mol. The maximum absolute atomic E-state index is 14.2. The van der Waals surface area contributed by atoms with Crippen molar-refractivity contribution in [2.75, 3.05) is 33.4 Å². The molecule has 1 aliphatic heterocycles. The third kappa shape index (κ3) is 7.70. The van der Waals surface area contributed by atoms with Gasteiger partial charge in [0.25, 0.3) is 5.91 Å². The van der Waals surface area contributed by atoms with Gasteiger partial charge < -0.3 is 29.4 Å². The van der Waals surface area contributed by atoms with Gasteiger partial charge in [0.05, 0.1) is 24.7 Å². The van der Waals surface area contributed by atoms with Crippen LogP contribution in [0.15, 0.2) is 60.9 Å². The van der Waals surface area contributed by atoms with E-state index in [9.17, 15) is 23.1 Å². The number of hydrogen-bond donors (Lipinski definition) is 2. The van der Waals surface area contributed by atoms with Crippen LogP contribution < -0.4 is 10.1 Å². The highest BCUT2D eigenvalue weighted by Crippen LogP contribution is 2.41. The molecule has 2 aliphatic rings. The number of carbonyl (C=O) groups excluding carboxylic acids is 1. The van der Waals surface area contributed by atoms with Crippen LogP contribution in [-0.4, -0.2) is 76.8 Å². The van der Waals surface area contributed by atoms with Crippen molar-refractivity contribution in [2.45, 2.75) is 62.6 Å². The highest BCUT2D eigenvalue weighted by atomic mass is 35.5. The summed E-state index contributed by atoms with van der Waals surface area (Å²) >= 11 is 0. The van der Waals surface area contributed by atoms with Crippen LogP contribution in [0.4, 0.5) is 13.2 Å². The van der Waals surface area contributed by atoms with Gasteiger partial charge in [0.1, 0.15) is 11.4 Å². The largest absolute Gasteiger partial charge is 0.573 e. The van der Waals surface area contributed by atoms with Crippen LogP contribution in [-0.2, 0) is 11.2 Å². The Labute approximate surface area is 255 Å². The Bertz CT molecular complexity index is 1350. The first-order valence-corrected chi connectivity index (χ1v) is 14.4. The number of amides is 1. The minimum Gasteiger partial charge on any atom is -0.406 e. The summed E-state index contributed by atoms with van der Waals surface area (Å²) in [4.78, 5) is 20.7. The summed E-state index contributed by atoms with van der Waals surface area (Å²) in [7, 11) is 1.58. The lowest BCUT2D eigenvalue weighted by Crippen LogP contribution is -2.54. The molecule has 1 aromatic heterocycles. The molecule has 1 aliphatic carbocycles. The number of methoxy groups -OCH3 is 1. The molecule has 3 aromatic rings. The summed E-state index contributed by atoms with van der Waals surface area (Å²) < 4.78 is 49.6. The number of aliphatic hydroxyl groups is 1. The quantitative estimate of drug-likeness (QED) is 0.332. The second-order valence-electron chi connectivity index (χ2n) is 11.1. The van der Waals surface area contributed by atoms with Crippen LogP contribution in [0.1, 0.15) is 54.2 Å². The molecule has 0 bridgehead atoms. The lowest BCUT2D eigenvalue weighted by molar-refractivity contribution is -0.274. The molecule has 8 nitrogen and oxygen atoms in total. The summed E-state index contributed by atoms with van der Waals surface area (Å²) in [5, 5.41) is 14.9. The minimum absolute atomic E-state index is 0. The Morgan fingerprint density at radius 3 is 2.70 bits per heavy atom. The van der Waals surface area contributed by atoms with Crippen LogP contribution in [0.2, 0.25) is 0 Å². The SMILES string of the molecule is COC[C@]1(O)CCCC[C@H]1n1cnc(C(=O)N2CCNC[C@@H]2CCc2cccc(OC(F)(F)F)c2)c1-c1ccccc1.Cl. The van der Waals surface area contributed by atoms with E-state index in [-0.39, 0.29) is 42.8 Å². The third-order valence-corrected chi connectivity index (χ3v) is 8.24. The first-order valence-electron chi connectivity index (χ1n) is 14.4. The van der Waals surface area contributed by atoms with E-state index in [2.05, 4.69) is 15.0 Å². The number of aryl methyl sites for hydroxylation is 1. The number of ether oxygens (including phenoxy) is 2. The Balaban J connectivity index is 0.00000423. The molecule has 12 heteroatoms. The van der Waals surface area contributed by atoms with E-state index in [1.165, 1.54) is 18.2 Å². The fourth-order valence-electron chi connectivity index (χ4n) is 6.31. The van der Waals surface area contributed by atoms with Crippen molar-refractivity contribution in [2.24, 2.45) is 0 Å². The average molecular weight is 623 g/mol. The number of aromatic nitrogens is 2. The minimum atomic E-state index is -4.76. The molecule has 1 saturated heterocycles. The first kappa shape index (κ1) is 32.8. The Kier molecular flexibility index (Phi) is 10.8. The second-order valence-corrected chi connectivity index (χ2v) is 11.1. The van der Waals surface area contributed by atoms with Gasteiger partial charge in [-0.3, -0.25) is 4.79 Å². The standard InChI is InChI=1S/C31H37F3N4O4.ClH/c1-41-20-30(40)15-6-5-12-26(30)38-21-36-27(28(38)23-9-3-2-4-10-23)29(39)37-17-16-35-19-24(37)14-13-22-8-7-11-25(18-22)42-31(32,33)34;/h2-4,7-11,18,21,24,26,35,40H,5-6,12-17,19-20H2,1H3;1H/t24-,26+,30+;/m0./s1. The second kappa shape index (κ2) is 14.1. The molecule has 0 spiro atoms. The van der Waals surface area contributed by atoms with E-state index in [0.717, 1.165) is 24.8 Å². The van der Waals surface area contributed by atoms with Crippen molar-refractivity contribution in [3.05, 3.63) is 72.2 Å². The fourth-order valence-corrected chi connectivity index (χ4v) is 6.31. The zero-order valence-corrected chi connectivity index (χ0v) is 24.9. The van der Waals surface area contributed by atoms with E-state index in [4.69, 9.17) is 4.74 Å². The van der Waals surface area contributed by atoms with Crippen LogP contribution in [0.25, 0.3) is 11.3 Å². The van der Waals surface area contributed by atoms with Gasteiger partial charge in [-0.2, -0.15) is 0 Å². The van der Waals surface area contributed by atoms with E-state index in [1.807, 2.05) is 39.8 Å². The smallest absolute Gasteiger partial charge is 0.406 e. The summed E-state index contributed by atoms with van der Waals surface area (Å²) in [5.41, 5.74) is 1.42. The van der Waals surface area contributed by atoms with E-state index in [0.29, 0.717) is 55.8 Å². The van der Waals surface area contributed by atoms with Gasteiger partial charge >= 0.3 is 6.36 Å². The predicted octanol–water partition coefficient (Wildman–Crippen LogP) is 5.41. The summed E-state index contributed by atoms with van der Waals surface area (Å²) in [6, 6.07) is 15.1. The number of rotatable bonds is 9. The molecule has 0 radical (unpaired) electrons. The molecule has 43 heavy (non-hydrogen) atoms. The van der Waals surface area contributed by atoms with Gasteiger partial charge in [0, 0.05) is 38.3 Å². The van der Waals surface area contributed by atoms with Crippen molar-refractivity contribution in [1.29, 1.82) is 0 Å². The van der Waals surface area contributed by atoms with E-state index < -0.39 is 12.0 Å².